The molecule has 0 bridgehead atoms. The molecular weight excluding hydrogens is 1440 g/mol. The second-order valence-corrected chi connectivity index (χ2v) is 28.9. The molecule has 0 atom stereocenters. The summed E-state index contributed by atoms with van der Waals surface area (Å²) in [5.41, 5.74) is 21.9. The first-order chi connectivity index (χ1) is 57.3. The molecule has 22 aromatic rings. The Hall–Kier alpha value is -15.0. The molecule has 6 aromatic heterocycles. The fraction of sp³-hybridized carbons (Fsp3) is 0. The van der Waals surface area contributed by atoms with Crippen LogP contribution in [0.2, 0.25) is 5.02 Å². The Labute approximate surface area is 672 Å². The summed E-state index contributed by atoms with van der Waals surface area (Å²) < 4.78 is 9.18. The number of aromatic nitrogens is 10. The van der Waals surface area contributed by atoms with Crippen molar-refractivity contribution in [1.29, 1.82) is 0 Å². The standard InChI is InChI=1S/C51H33N5.C39H24ClN5.C12H11BO2/c1-4-14-34(15-5-1)35-24-26-36(27-25-35)37-28-30-40(31-29-37)55-45-22-12-10-20-41(45)43-32-33-44-42-21-11-13-23-46(42)56(48(44)47(43)55)51-53-49(38-16-6-2-7-17-38)52-50(54-51)39-18-8-3-9-19-39;40-27-19-21-28(22-20-27)44-33-17-9-7-15-29(33)31-23-24-32-30-16-8-10-18-34(30)45(36(32)35(31)44)39-42-37(25-11-3-1-4-12-25)41-38(43-39)26-13-5-2-6-14-26;14-13(15)12-8-6-11(7-9-12)10-4-2-1-3-5-10/h1-33H;1-24H;1-9,14-15H. The lowest BCUT2D eigenvalue weighted by atomic mass is 9.80. The lowest BCUT2D eigenvalue weighted by Crippen LogP contribution is -2.29. The summed E-state index contributed by atoms with van der Waals surface area (Å²) in [6.07, 6.45) is 0. The molecule has 116 heavy (non-hydrogen) atoms. The van der Waals surface area contributed by atoms with Crippen molar-refractivity contribution in [2.24, 2.45) is 0 Å². The molecule has 0 fully saturated rings. The number of nitrogens with zero attached hydrogens (tertiary/aromatic N) is 10. The third-order valence-corrected chi connectivity index (χ3v) is 21.8. The van der Waals surface area contributed by atoms with Crippen LogP contribution in [-0.2, 0) is 0 Å². The van der Waals surface area contributed by atoms with Gasteiger partial charge in [0.25, 0.3) is 0 Å². The molecule has 0 spiro atoms. The first kappa shape index (κ1) is 70.2. The molecule has 6 heterocycles. The molecule has 14 heteroatoms. The summed E-state index contributed by atoms with van der Waals surface area (Å²) in [7, 11) is -1.39. The van der Waals surface area contributed by atoms with Crippen molar-refractivity contribution in [1.82, 2.24) is 48.2 Å². The van der Waals surface area contributed by atoms with Gasteiger partial charge in [0.2, 0.25) is 11.9 Å². The minimum absolute atomic E-state index is 0.509. The molecule has 2 N–H and O–H groups in total. The Morgan fingerprint density at radius 2 is 0.422 bits per heavy atom. The van der Waals surface area contributed by atoms with E-state index in [0.29, 0.717) is 45.7 Å². The van der Waals surface area contributed by atoms with Crippen LogP contribution in [-0.4, -0.2) is 65.3 Å². The van der Waals surface area contributed by atoms with Gasteiger partial charge < -0.3 is 19.2 Å². The van der Waals surface area contributed by atoms with Gasteiger partial charge in [0, 0.05) is 81.7 Å². The van der Waals surface area contributed by atoms with E-state index in [4.69, 9.17) is 51.6 Å². The minimum Gasteiger partial charge on any atom is -0.423 e. The van der Waals surface area contributed by atoms with Gasteiger partial charge in [0.05, 0.1) is 44.1 Å². The fourth-order valence-electron chi connectivity index (χ4n) is 16.1. The number of hydrogen-bond acceptors (Lipinski definition) is 8. The van der Waals surface area contributed by atoms with Crippen LogP contribution in [0, 0.1) is 0 Å². The molecule has 0 radical (unpaired) electrons. The van der Waals surface area contributed by atoms with Crippen molar-refractivity contribution in [2.75, 3.05) is 0 Å². The molecule has 22 rings (SSSR count). The fourth-order valence-corrected chi connectivity index (χ4v) is 16.2. The predicted octanol–water partition coefficient (Wildman–Crippen LogP) is 23.8. The van der Waals surface area contributed by atoms with Gasteiger partial charge in [-0.3, -0.25) is 9.13 Å². The quantitative estimate of drug-likeness (QED) is 0.115. The molecule has 12 nitrogen and oxygen atoms in total. The third kappa shape index (κ3) is 13.0. The maximum absolute atomic E-state index is 8.94. The Morgan fingerprint density at radius 3 is 0.716 bits per heavy atom. The van der Waals surface area contributed by atoms with Crippen molar-refractivity contribution in [3.63, 3.8) is 0 Å². The maximum atomic E-state index is 8.94. The summed E-state index contributed by atoms with van der Waals surface area (Å²) in [5.74, 6) is 3.63. The minimum atomic E-state index is -1.39. The molecule has 0 saturated carbocycles. The van der Waals surface area contributed by atoms with E-state index in [1.165, 1.54) is 38.4 Å². The number of para-hydroxylation sites is 4. The number of benzene rings is 16. The molecule has 0 saturated heterocycles. The Morgan fingerprint density at radius 1 is 0.198 bits per heavy atom. The van der Waals surface area contributed by atoms with E-state index >= 15 is 0 Å². The normalized spacial score (nSPS) is 11.4. The monoisotopic (exact) mass is 1510 g/mol. The number of hydrogen-bond donors (Lipinski definition) is 2. The van der Waals surface area contributed by atoms with Crippen LogP contribution in [0.15, 0.2) is 400 Å². The average molecular weight is 1510 g/mol. The second-order valence-electron chi connectivity index (χ2n) is 28.5. The molecule has 548 valence electrons. The average Bonchev–Trinajstić information content (AvgIpc) is 1.55. The van der Waals surface area contributed by atoms with E-state index in [0.717, 1.165) is 116 Å². The maximum Gasteiger partial charge on any atom is 0.488 e. The van der Waals surface area contributed by atoms with Gasteiger partial charge in [0.15, 0.2) is 23.3 Å². The van der Waals surface area contributed by atoms with Crippen molar-refractivity contribution in [3.05, 3.63) is 405 Å². The Bertz CT molecular complexity index is 7260. The zero-order chi connectivity index (χ0) is 77.6. The Balaban J connectivity index is 0.000000129. The number of rotatable bonds is 12. The predicted molar refractivity (Wildman–Crippen MR) is 476 cm³/mol. The van der Waals surface area contributed by atoms with Gasteiger partial charge in [0.1, 0.15) is 0 Å². The van der Waals surface area contributed by atoms with Crippen LogP contribution in [0.4, 0.5) is 0 Å². The highest BCUT2D eigenvalue weighted by atomic mass is 35.5. The first-order valence-corrected chi connectivity index (χ1v) is 38.9. The summed E-state index contributed by atoms with van der Waals surface area (Å²) in [5, 5.41) is 27.8. The molecule has 0 aliphatic heterocycles. The van der Waals surface area contributed by atoms with E-state index < -0.39 is 7.12 Å². The first-order valence-electron chi connectivity index (χ1n) is 38.5. The second kappa shape index (κ2) is 30.3. The van der Waals surface area contributed by atoms with Gasteiger partial charge in [-0.15, -0.1) is 0 Å². The lowest BCUT2D eigenvalue weighted by Gasteiger charge is -2.13. The van der Waals surface area contributed by atoms with Gasteiger partial charge in [-0.1, -0.05) is 351 Å². The van der Waals surface area contributed by atoms with Gasteiger partial charge >= 0.3 is 7.12 Å². The largest absolute Gasteiger partial charge is 0.488 e. The molecule has 0 amide bonds. The summed E-state index contributed by atoms with van der Waals surface area (Å²) in [6, 6.07) is 137. The van der Waals surface area contributed by atoms with Crippen LogP contribution in [0.5, 0.6) is 0 Å². The van der Waals surface area contributed by atoms with E-state index in [1.807, 2.05) is 152 Å². The van der Waals surface area contributed by atoms with E-state index in [1.54, 1.807) is 12.1 Å². The zero-order valence-corrected chi connectivity index (χ0v) is 63.2. The van der Waals surface area contributed by atoms with Crippen LogP contribution in [0.1, 0.15) is 0 Å². The SMILES string of the molecule is Clc1ccc(-n2c3ccccc3c3ccc4c5ccccc5n(-c5nc(-c6ccccc6)nc(-c6ccccc6)n5)c4c32)cc1.OB(O)c1ccc(-c2ccccc2)cc1.c1ccc(-c2ccc(-c3ccc(-n4c5ccccc5c5ccc6c7ccccc7n(-c7nc(-c8ccccc8)nc(-c8ccccc8)n7)c6c54)cc3)cc2)cc1. The van der Waals surface area contributed by atoms with E-state index in [2.05, 4.69) is 255 Å². The third-order valence-electron chi connectivity index (χ3n) is 21.6. The molecule has 0 aliphatic rings. The van der Waals surface area contributed by atoms with Gasteiger partial charge in [-0.25, -0.2) is 9.97 Å². The molecular formula is C102H68BClN10O2. The van der Waals surface area contributed by atoms with Crippen LogP contribution in [0.3, 0.4) is 0 Å². The van der Waals surface area contributed by atoms with Gasteiger partial charge in [-0.2, -0.15) is 19.9 Å². The van der Waals surface area contributed by atoms with Crippen molar-refractivity contribution in [3.8, 4) is 102 Å². The van der Waals surface area contributed by atoms with E-state index in [-0.39, 0.29) is 0 Å². The van der Waals surface area contributed by atoms with Crippen LogP contribution in [0.25, 0.3) is 189 Å². The smallest absolute Gasteiger partial charge is 0.423 e. The number of halogens is 1. The summed E-state index contributed by atoms with van der Waals surface area (Å²) >= 11 is 6.36. The molecule has 16 aromatic carbocycles. The van der Waals surface area contributed by atoms with Crippen molar-refractivity contribution < 1.29 is 10.0 Å². The molecule has 0 aliphatic carbocycles. The highest BCUT2D eigenvalue weighted by Crippen LogP contribution is 2.45. The van der Waals surface area contributed by atoms with Crippen LogP contribution >= 0.6 is 11.6 Å². The van der Waals surface area contributed by atoms with E-state index in [9.17, 15) is 0 Å². The Kier molecular flexibility index (Phi) is 18.3. The highest BCUT2D eigenvalue weighted by Gasteiger charge is 2.27. The highest BCUT2D eigenvalue weighted by molar-refractivity contribution is 6.58. The van der Waals surface area contributed by atoms with Crippen molar-refractivity contribution >= 4 is 111 Å². The zero-order valence-electron chi connectivity index (χ0n) is 62.4. The molecule has 0 unspecified atom stereocenters. The van der Waals surface area contributed by atoms with Crippen molar-refractivity contribution in [2.45, 2.75) is 0 Å². The lowest BCUT2D eigenvalue weighted by molar-refractivity contribution is 0.426. The number of fused-ring (bicyclic) bond motifs is 14. The summed E-state index contributed by atoms with van der Waals surface area (Å²) in [4.78, 5) is 30.8. The van der Waals surface area contributed by atoms with Crippen LogP contribution < -0.4 is 5.46 Å². The van der Waals surface area contributed by atoms with Gasteiger partial charge in [-0.05, 0) is 99.5 Å². The summed E-state index contributed by atoms with van der Waals surface area (Å²) in [6.45, 7) is 0. The topological polar surface area (TPSA) is 138 Å².